The van der Waals surface area contributed by atoms with Gasteiger partial charge >= 0.3 is 12.4 Å². The lowest BCUT2D eigenvalue weighted by molar-refractivity contribution is -0.141. The summed E-state index contributed by atoms with van der Waals surface area (Å²) in [5, 5.41) is 19.7. The van der Waals surface area contributed by atoms with Crippen molar-refractivity contribution in [1.29, 1.82) is 0 Å². The van der Waals surface area contributed by atoms with Crippen molar-refractivity contribution in [1.82, 2.24) is 4.57 Å². The molecule has 0 spiro atoms. The van der Waals surface area contributed by atoms with Crippen LogP contribution in [0.2, 0.25) is 0 Å². The molecule has 15 aromatic rings. The second kappa shape index (κ2) is 15.3. The van der Waals surface area contributed by atoms with Gasteiger partial charge in [-0.2, -0.15) is 26.3 Å². The molecule has 1 aromatic heterocycles. The molecular formula is C68H41F6N3O2. The van der Waals surface area contributed by atoms with Gasteiger partial charge in [-0.3, -0.25) is 9.59 Å². The smallest absolute Gasteiger partial charge is 0.340 e. The molecule has 382 valence electrons. The molecule has 0 saturated carbocycles. The zero-order valence-corrected chi connectivity index (χ0v) is 42.7. The van der Waals surface area contributed by atoms with Crippen molar-refractivity contribution in [3.05, 3.63) is 191 Å². The summed E-state index contributed by atoms with van der Waals surface area (Å²) in [6, 6.07) is 49.7. The lowest BCUT2D eigenvalue weighted by atomic mass is 9.80. The van der Waals surface area contributed by atoms with E-state index in [1.54, 1.807) is 12.1 Å². The van der Waals surface area contributed by atoms with E-state index in [9.17, 15) is 35.9 Å². The molecule has 0 saturated heterocycles. The number of aromatic nitrogens is 1. The number of benzene rings is 14. The maximum atomic E-state index is 14.6. The van der Waals surface area contributed by atoms with Gasteiger partial charge in [-0.1, -0.05) is 122 Å². The summed E-state index contributed by atoms with van der Waals surface area (Å²) in [7, 11) is 0. The van der Waals surface area contributed by atoms with E-state index in [1.165, 1.54) is 61.0 Å². The highest BCUT2D eigenvalue weighted by Gasteiger charge is 2.47. The number of para-hydroxylation sites is 1. The van der Waals surface area contributed by atoms with Crippen LogP contribution in [0.15, 0.2) is 158 Å². The van der Waals surface area contributed by atoms with E-state index in [4.69, 9.17) is 0 Å². The number of fused-ring (bicyclic) bond motifs is 5. The van der Waals surface area contributed by atoms with Crippen LogP contribution < -0.4 is 9.80 Å². The van der Waals surface area contributed by atoms with Gasteiger partial charge in [0.25, 0.3) is 11.8 Å². The standard InChI is InChI=1S/C68H41F6N3O2/c1-32(2)31-75-53-29-49-45-24-22-39-42-26-28-48-60-47(65(78)77(66(48)79)64-50(67(69,70)71)9-6-10-51(64)68(72,73)74)27-25-41(56(42)60)38-19-20-40(57(45)55(38)39)43-21-23-44-37-7-5-8-46-52(30-54(75)62(58(37)46)63(53)61(44)59(43)49)76(35-15-11-33(3)12-16-35)36-17-13-34(4)14-18-36/h5-30,32H,31H2,1-4H3. The van der Waals surface area contributed by atoms with Crippen molar-refractivity contribution in [2.75, 3.05) is 9.80 Å². The Morgan fingerprint density at radius 2 is 0.797 bits per heavy atom. The van der Waals surface area contributed by atoms with Gasteiger partial charge in [0.1, 0.15) is 0 Å². The largest absolute Gasteiger partial charge is 0.418 e. The molecule has 1 aliphatic rings. The third kappa shape index (κ3) is 5.91. The quantitative estimate of drug-likeness (QED) is 0.0721. The fourth-order valence-electron chi connectivity index (χ4n) is 14.0. The molecule has 2 amide bonds. The SMILES string of the molecule is Cc1ccc(N(c2ccc(C)cc2)c2cc3c4c5c2cccc5c2ccc5c6ccc7c8ccc9c%10c(ccc(c%11ccc(c%12cc(c4c2c5%12)n3CC(C)C)c6c7%11)c%108)C(=O)N(c2c(C(F)(F)F)cccc2C(F)(F)F)C9=O)cc1. The number of hydrogen-bond acceptors (Lipinski definition) is 3. The Kier molecular flexibility index (Phi) is 8.89. The summed E-state index contributed by atoms with van der Waals surface area (Å²) in [5.41, 5.74) is 2.52. The highest BCUT2D eigenvalue weighted by molar-refractivity contribution is 6.50. The molecule has 2 heterocycles. The van der Waals surface area contributed by atoms with Crippen LogP contribution in [0, 0.1) is 19.8 Å². The first-order valence-electron chi connectivity index (χ1n) is 26.3. The molecule has 79 heavy (non-hydrogen) atoms. The number of amides is 2. The number of imide groups is 1. The molecule has 0 fully saturated rings. The Morgan fingerprint density at radius 3 is 1.29 bits per heavy atom. The molecule has 5 nitrogen and oxygen atoms in total. The number of carbonyl (C=O) groups is 2. The van der Waals surface area contributed by atoms with E-state index in [-0.39, 0.29) is 21.4 Å². The highest BCUT2D eigenvalue weighted by atomic mass is 19.4. The van der Waals surface area contributed by atoms with Crippen molar-refractivity contribution < 1.29 is 35.9 Å². The predicted octanol–water partition coefficient (Wildman–Crippen LogP) is 19.5. The number of hydrogen-bond donors (Lipinski definition) is 0. The third-order valence-electron chi connectivity index (χ3n) is 17.1. The Labute approximate surface area is 445 Å². The van der Waals surface area contributed by atoms with Crippen molar-refractivity contribution in [3.63, 3.8) is 0 Å². The van der Waals surface area contributed by atoms with E-state index < -0.39 is 41.0 Å². The molecule has 0 radical (unpaired) electrons. The maximum Gasteiger partial charge on any atom is 0.418 e. The summed E-state index contributed by atoms with van der Waals surface area (Å²) in [6.45, 7) is 9.50. The van der Waals surface area contributed by atoms with E-state index >= 15 is 0 Å². The van der Waals surface area contributed by atoms with Gasteiger partial charge in [0.05, 0.1) is 33.5 Å². The lowest BCUT2D eigenvalue weighted by Crippen LogP contribution is -2.42. The Balaban J connectivity index is 0.977. The van der Waals surface area contributed by atoms with Crippen molar-refractivity contribution in [2.45, 2.75) is 46.6 Å². The average Bonchev–Trinajstić information content (AvgIpc) is 2.01. The zero-order valence-electron chi connectivity index (χ0n) is 42.7. The number of aryl methyl sites for hydroxylation is 2. The van der Waals surface area contributed by atoms with Crippen LogP contribution in [-0.4, -0.2) is 16.4 Å². The second-order valence-electron chi connectivity index (χ2n) is 22.0. The van der Waals surface area contributed by atoms with Crippen LogP contribution in [0.5, 0.6) is 0 Å². The summed E-state index contributed by atoms with van der Waals surface area (Å²) >= 11 is 0. The number of anilines is 4. The summed E-state index contributed by atoms with van der Waals surface area (Å²) < 4.78 is 89.9. The predicted molar refractivity (Wildman–Crippen MR) is 308 cm³/mol. The van der Waals surface area contributed by atoms with E-state index in [1.807, 2.05) is 0 Å². The summed E-state index contributed by atoms with van der Waals surface area (Å²) in [5.74, 6) is -2.24. The minimum atomic E-state index is -5.32. The Morgan fingerprint density at radius 1 is 0.418 bits per heavy atom. The molecule has 16 rings (SSSR count). The first-order valence-corrected chi connectivity index (χ1v) is 26.3. The molecule has 0 N–H and O–H groups in total. The molecule has 0 bridgehead atoms. The van der Waals surface area contributed by atoms with Crippen LogP contribution in [0.25, 0.3) is 119 Å². The first kappa shape index (κ1) is 45.9. The number of halogens is 6. The topological polar surface area (TPSA) is 45.6 Å². The van der Waals surface area contributed by atoms with Crippen molar-refractivity contribution in [2.24, 2.45) is 5.92 Å². The normalized spacial score (nSPS) is 13.9. The van der Waals surface area contributed by atoms with Gasteiger partial charge in [-0.25, -0.2) is 4.90 Å². The lowest BCUT2D eigenvalue weighted by Gasteiger charge is -2.32. The Hall–Kier alpha value is -9.22. The van der Waals surface area contributed by atoms with Crippen LogP contribution in [0.3, 0.4) is 0 Å². The Bertz CT molecular complexity index is 5020. The number of carbonyl (C=O) groups excluding carboxylic acids is 2. The van der Waals surface area contributed by atoms with Gasteiger partial charge in [-0.15, -0.1) is 0 Å². The minimum absolute atomic E-state index is 0.0543. The summed E-state index contributed by atoms with van der Waals surface area (Å²) in [4.78, 5) is 31.5. The number of alkyl halides is 6. The van der Waals surface area contributed by atoms with Crippen LogP contribution in [-0.2, 0) is 18.9 Å². The molecule has 14 aromatic carbocycles. The van der Waals surface area contributed by atoms with E-state index in [0.29, 0.717) is 40.3 Å². The first-order chi connectivity index (χ1) is 38.0. The van der Waals surface area contributed by atoms with E-state index in [0.717, 1.165) is 83.1 Å². The molecule has 0 atom stereocenters. The second-order valence-corrected chi connectivity index (χ2v) is 22.0. The third-order valence-corrected chi connectivity index (χ3v) is 17.1. The molecule has 0 aliphatic carbocycles. The van der Waals surface area contributed by atoms with Crippen molar-refractivity contribution in [3.8, 4) is 0 Å². The van der Waals surface area contributed by atoms with Gasteiger partial charge < -0.3 is 9.47 Å². The number of nitrogens with zero attached hydrogens (tertiary/aromatic N) is 3. The maximum absolute atomic E-state index is 14.6. The fourth-order valence-corrected chi connectivity index (χ4v) is 14.0. The van der Waals surface area contributed by atoms with Gasteiger partial charge in [0.15, 0.2) is 0 Å². The van der Waals surface area contributed by atoms with Crippen molar-refractivity contribution >= 4 is 153 Å². The monoisotopic (exact) mass is 1050 g/mol. The number of rotatable bonds is 6. The average molecular weight is 1050 g/mol. The van der Waals surface area contributed by atoms with Crippen LogP contribution in [0.1, 0.15) is 56.8 Å². The van der Waals surface area contributed by atoms with E-state index in [2.05, 4.69) is 152 Å². The molecule has 1 aliphatic heterocycles. The zero-order chi connectivity index (χ0) is 54.0. The molecule has 0 unspecified atom stereocenters. The van der Waals surface area contributed by atoms with Gasteiger partial charge in [-0.05, 0) is 156 Å². The van der Waals surface area contributed by atoms with Gasteiger partial charge in [0.2, 0.25) is 0 Å². The highest BCUT2D eigenvalue weighted by Crippen LogP contribution is 2.56. The molecule has 11 heteroatoms. The summed E-state index contributed by atoms with van der Waals surface area (Å²) in [6.07, 6.45) is -10.6. The van der Waals surface area contributed by atoms with Crippen LogP contribution in [0.4, 0.5) is 49.1 Å². The molecular weight excluding hydrogens is 1000 g/mol. The van der Waals surface area contributed by atoms with Crippen LogP contribution >= 0.6 is 0 Å². The van der Waals surface area contributed by atoms with Gasteiger partial charge in [0, 0.05) is 61.4 Å². The minimum Gasteiger partial charge on any atom is -0.340 e. The fraction of sp³-hybridized carbons (Fsp3) is 0.118.